The van der Waals surface area contributed by atoms with Crippen LogP contribution < -0.4 is 5.73 Å². The second-order valence-electron chi connectivity index (χ2n) is 4.26. The van der Waals surface area contributed by atoms with Crippen molar-refractivity contribution in [2.24, 2.45) is 5.73 Å². The first-order valence-corrected chi connectivity index (χ1v) is 6.64. The number of rotatable bonds is 10. The molecule has 0 radical (unpaired) electrons. The predicted molar refractivity (Wildman–Crippen MR) is 67.2 cm³/mol. The lowest BCUT2D eigenvalue weighted by Crippen LogP contribution is -2.17. The molecule has 0 spiro atoms. The summed E-state index contributed by atoms with van der Waals surface area (Å²) < 4.78 is 5.41. The number of hydrogen-bond acceptors (Lipinski definition) is 3. The van der Waals surface area contributed by atoms with Crippen LogP contribution in [-0.4, -0.2) is 18.6 Å². The Labute approximate surface area is 99.7 Å². The Hall–Kier alpha value is -0.570. The van der Waals surface area contributed by atoms with Gasteiger partial charge >= 0.3 is 5.97 Å². The molecule has 2 N–H and O–H groups in total. The maximum Gasteiger partial charge on any atom is 0.306 e. The second-order valence-corrected chi connectivity index (χ2v) is 4.26. The van der Waals surface area contributed by atoms with Gasteiger partial charge in [0.2, 0.25) is 0 Å². The molecule has 96 valence electrons. The molecule has 0 heterocycles. The number of esters is 1. The number of carbonyl (C=O) groups excluding carboxylic acids is 1. The van der Waals surface area contributed by atoms with E-state index in [4.69, 9.17) is 10.5 Å². The van der Waals surface area contributed by atoms with Gasteiger partial charge in [0, 0.05) is 6.42 Å². The highest BCUT2D eigenvalue weighted by molar-refractivity contribution is 5.69. The average molecular weight is 229 g/mol. The maximum absolute atomic E-state index is 11.5. The SMILES string of the molecule is CCCCC(CC)OC(=O)CCCCCN. The number of hydrogen-bond donors (Lipinski definition) is 1. The van der Waals surface area contributed by atoms with E-state index in [1.807, 2.05) is 0 Å². The lowest BCUT2D eigenvalue weighted by atomic mass is 10.1. The van der Waals surface area contributed by atoms with Gasteiger partial charge in [-0.3, -0.25) is 4.79 Å². The standard InChI is InChI=1S/C13H27NO2/c1-3-5-9-12(4-2)16-13(15)10-7-6-8-11-14/h12H,3-11,14H2,1-2H3. The minimum absolute atomic E-state index is 0.0417. The second kappa shape index (κ2) is 10.9. The lowest BCUT2D eigenvalue weighted by molar-refractivity contribution is -0.149. The van der Waals surface area contributed by atoms with Crippen molar-refractivity contribution in [3.8, 4) is 0 Å². The number of ether oxygens (including phenoxy) is 1. The smallest absolute Gasteiger partial charge is 0.306 e. The zero-order valence-corrected chi connectivity index (χ0v) is 10.8. The highest BCUT2D eigenvalue weighted by atomic mass is 16.5. The van der Waals surface area contributed by atoms with Crippen LogP contribution in [0.25, 0.3) is 0 Å². The van der Waals surface area contributed by atoms with E-state index in [-0.39, 0.29) is 12.1 Å². The summed E-state index contributed by atoms with van der Waals surface area (Å²) in [5, 5.41) is 0. The van der Waals surface area contributed by atoms with Crippen molar-refractivity contribution in [3.05, 3.63) is 0 Å². The molecule has 1 atom stereocenters. The van der Waals surface area contributed by atoms with Gasteiger partial charge in [0.15, 0.2) is 0 Å². The van der Waals surface area contributed by atoms with Crippen LogP contribution in [0, 0.1) is 0 Å². The van der Waals surface area contributed by atoms with Crippen molar-refractivity contribution in [2.75, 3.05) is 6.54 Å². The van der Waals surface area contributed by atoms with Crippen LogP contribution in [0.2, 0.25) is 0 Å². The fourth-order valence-electron chi connectivity index (χ4n) is 1.61. The number of nitrogens with two attached hydrogens (primary N) is 1. The first kappa shape index (κ1) is 15.4. The molecule has 3 heteroatoms. The monoisotopic (exact) mass is 229 g/mol. The summed E-state index contributed by atoms with van der Waals surface area (Å²) in [4.78, 5) is 11.5. The van der Waals surface area contributed by atoms with Crippen LogP contribution in [0.3, 0.4) is 0 Å². The molecule has 0 amide bonds. The van der Waals surface area contributed by atoms with E-state index in [2.05, 4.69) is 13.8 Å². The third-order valence-corrected chi connectivity index (χ3v) is 2.72. The summed E-state index contributed by atoms with van der Waals surface area (Å²) in [6.07, 6.45) is 7.82. The lowest BCUT2D eigenvalue weighted by Gasteiger charge is -2.15. The Bertz CT molecular complexity index is 171. The van der Waals surface area contributed by atoms with Gasteiger partial charge in [0.25, 0.3) is 0 Å². The molecule has 0 saturated carbocycles. The Morgan fingerprint density at radius 3 is 2.50 bits per heavy atom. The molecule has 0 aliphatic heterocycles. The Morgan fingerprint density at radius 2 is 1.94 bits per heavy atom. The minimum atomic E-state index is -0.0417. The first-order chi connectivity index (χ1) is 7.74. The van der Waals surface area contributed by atoms with Gasteiger partial charge < -0.3 is 10.5 Å². The molecule has 0 aromatic heterocycles. The number of carbonyl (C=O) groups is 1. The summed E-state index contributed by atoms with van der Waals surface area (Å²) in [5.74, 6) is -0.0417. The van der Waals surface area contributed by atoms with Crippen LogP contribution in [0.1, 0.15) is 65.2 Å². The van der Waals surface area contributed by atoms with Crippen molar-refractivity contribution in [3.63, 3.8) is 0 Å². The van der Waals surface area contributed by atoms with E-state index in [0.717, 1.165) is 44.9 Å². The van der Waals surface area contributed by atoms with E-state index < -0.39 is 0 Å². The normalized spacial score (nSPS) is 12.4. The molecule has 0 fully saturated rings. The van der Waals surface area contributed by atoms with E-state index in [1.54, 1.807) is 0 Å². The van der Waals surface area contributed by atoms with E-state index in [1.165, 1.54) is 0 Å². The summed E-state index contributed by atoms with van der Waals surface area (Å²) >= 11 is 0. The molecule has 0 rings (SSSR count). The van der Waals surface area contributed by atoms with Gasteiger partial charge in [0.05, 0.1) is 0 Å². The summed E-state index contributed by atoms with van der Waals surface area (Å²) in [6.45, 7) is 4.94. The Kier molecular flexibility index (Phi) is 10.5. The largest absolute Gasteiger partial charge is 0.462 e. The molecule has 0 bridgehead atoms. The van der Waals surface area contributed by atoms with Crippen molar-refractivity contribution >= 4 is 5.97 Å². The van der Waals surface area contributed by atoms with E-state index in [9.17, 15) is 4.79 Å². The van der Waals surface area contributed by atoms with E-state index >= 15 is 0 Å². The predicted octanol–water partition coefficient (Wildman–Crippen LogP) is 3.02. The fourth-order valence-corrected chi connectivity index (χ4v) is 1.61. The highest BCUT2D eigenvalue weighted by Gasteiger charge is 2.11. The van der Waals surface area contributed by atoms with Crippen LogP contribution in [0.5, 0.6) is 0 Å². The van der Waals surface area contributed by atoms with Crippen LogP contribution >= 0.6 is 0 Å². The van der Waals surface area contributed by atoms with E-state index in [0.29, 0.717) is 13.0 Å². The molecule has 0 saturated heterocycles. The molecule has 0 aromatic rings. The molecule has 1 unspecified atom stereocenters. The maximum atomic E-state index is 11.5. The minimum Gasteiger partial charge on any atom is -0.462 e. The summed E-state index contributed by atoms with van der Waals surface area (Å²) in [7, 11) is 0. The topological polar surface area (TPSA) is 52.3 Å². The molecule has 0 aromatic carbocycles. The molecule has 3 nitrogen and oxygen atoms in total. The van der Waals surface area contributed by atoms with Gasteiger partial charge in [-0.1, -0.05) is 33.1 Å². The number of unbranched alkanes of at least 4 members (excludes halogenated alkanes) is 3. The van der Waals surface area contributed by atoms with Gasteiger partial charge in [-0.2, -0.15) is 0 Å². The van der Waals surface area contributed by atoms with Crippen molar-refractivity contribution in [1.82, 2.24) is 0 Å². The molecular weight excluding hydrogens is 202 g/mol. The fraction of sp³-hybridized carbons (Fsp3) is 0.923. The highest BCUT2D eigenvalue weighted by Crippen LogP contribution is 2.10. The van der Waals surface area contributed by atoms with Crippen molar-refractivity contribution in [2.45, 2.75) is 71.3 Å². The molecule has 0 aliphatic carbocycles. The van der Waals surface area contributed by atoms with Crippen LogP contribution in [-0.2, 0) is 9.53 Å². The van der Waals surface area contributed by atoms with Crippen molar-refractivity contribution in [1.29, 1.82) is 0 Å². The third-order valence-electron chi connectivity index (χ3n) is 2.72. The Morgan fingerprint density at radius 1 is 1.19 bits per heavy atom. The first-order valence-electron chi connectivity index (χ1n) is 6.64. The van der Waals surface area contributed by atoms with Gasteiger partial charge in [-0.05, 0) is 32.2 Å². The summed E-state index contributed by atoms with van der Waals surface area (Å²) in [5.41, 5.74) is 5.39. The van der Waals surface area contributed by atoms with Gasteiger partial charge in [-0.15, -0.1) is 0 Å². The quantitative estimate of drug-likeness (QED) is 0.463. The zero-order valence-electron chi connectivity index (χ0n) is 10.8. The molecular formula is C13H27NO2. The molecule has 0 aliphatic rings. The van der Waals surface area contributed by atoms with Gasteiger partial charge in [-0.25, -0.2) is 0 Å². The Balaban J connectivity index is 3.57. The van der Waals surface area contributed by atoms with Crippen molar-refractivity contribution < 1.29 is 9.53 Å². The summed E-state index contributed by atoms with van der Waals surface area (Å²) in [6, 6.07) is 0. The van der Waals surface area contributed by atoms with Crippen LogP contribution in [0.4, 0.5) is 0 Å². The third kappa shape index (κ3) is 8.72. The molecule has 16 heavy (non-hydrogen) atoms. The average Bonchev–Trinajstić information content (AvgIpc) is 2.30. The van der Waals surface area contributed by atoms with Gasteiger partial charge in [0.1, 0.15) is 6.10 Å². The van der Waals surface area contributed by atoms with Crippen LogP contribution in [0.15, 0.2) is 0 Å². The zero-order chi connectivity index (χ0) is 12.2.